The van der Waals surface area contributed by atoms with Crippen LogP contribution in [0.4, 0.5) is 27.6 Å². The number of methoxy groups -OCH3 is 1. The fourth-order valence-electron chi connectivity index (χ4n) is 3.68. The van der Waals surface area contributed by atoms with Crippen molar-refractivity contribution in [1.82, 2.24) is 5.32 Å². The maximum atomic E-state index is 13.9. The van der Waals surface area contributed by atoms with Crippen LogP contribution in [0.3, 0.4) is 0 Å². The van der Waals surface area contributed by atoms with E-state index in [1.54, 1.807) is 0 Å². The SMILES string of the molecule is COc1cc(NC(=O)c2cc(F)cc(C(F)(F)F)c2)c2c(c1)C(=O)NC2c1cc(F)ccc1Cl. The number of rotatable bonds is 4. The van der Waals surface area contributed by atoms with Gasteiger partial charge >= 0.3 is 6.18 Å². The summed E-state index contributed by atoms with van der Waals surface area (Å²) in [5, 5.41) is 5.18. The molecule has 1 heterocycles. The largest absolute Gasteiger partial charge is 0.497 e. The van der Waals surface area contributed by atoms with Gasteiger partial charge in [-0.05, 0) is 42.5 Å². The van der Waals surface area contributed by atoms with Crippen molar-refractivity contribution >= 4 is 29.1 Å². The summed E-state index contributed by atoms with van der Waals surface area (Å²) in [4.78, 5) is 25.4. The van der Waals surface area contributed by atoms with Gasteiger partial charge in [0.1, 0.15) is 17.4 Å². The fourth-order valence-corrected chi connectivity index (χ4v) is 3.90. The number of benzene rings is 3. The van der Waals surface area contributed by atoms with Gasteiger partial charge < -0.3 is 15.4 Å². The molecule has 34 heavy (non-hydrogen) atoms. The van der Waals surface area contributed by atoms with Crippen molar-refractivity contribution in [2.75, 3.05) is 12.4 Å². The Morgan fingerprint density at radius 2 is 1.79 bits per heavy atom. The Bertz CT molecular complexity index is 1330. The highest BCUT2D eigenvalue weighted by molar-refractivity contribution is 6.31. The quantitative estimate of drug-likeness (QED) is 0.453. The number of alkyl halides is 3. The lowest BCUT2D eigenvalue weighted by Gasteiger charge is -2.19. The summed E-state index contributed by atoms with van der Waals surface area (Å²) in [5.41, 5.74) is -1.48. The van der Waals surface area contributed by atoms with E-state index in [1.165, 1.54) is 25.3 Å². The summed E-state index contributed by atoms with van der Waals surface area (Å²) in [5.74, 6) is -3.35. The van der Waals surface area contributed by atoms with Crippen LogP contribution < -0.4 is 15.4 Å². The Labute approximate surface area is 194 Å². The number of halogens is 6. The van der Waals surface area contributed by atoms with Gasteiger partial charge in [0.05, 0.1) is 30.0 Å². The minimum atomic E-state index is -4.87. The maximum Gasteiger partial charge on any atom is 0.416 e. The molecule has 0 spiro atoms. The molecule has 3 aromatic rings. The van der Waals surface area contributed by atoms with Gasteiger partial charge in [-0.15, -0.1) is 0 Å². The highest BCUT2D eigenvalue weighted by Gasteiger charge is 2.36. The van der Waals surface area contributed by atoms with Crippen molar-refractivity contribution < 1.29 is 36.3 Å². The molecule has 1 aliphatic rings. The number of hydrogen-bond donors (Lipinski definition) is 2. The van der Waals surface area contributed by atoms with E-state index in [0.29, 0.717) is 12.1 Å². The van der Waals surface area contributed by atoms with Crippen LogP contribution in [0.2, 0.25) is 5.02 Å². The van der Waals surface area contributed by atoms with Crippen LogP contribution in [-0.2, 0) is 6.18 Å². The third-order valence-corrected chi connectivity index (χ3v) is 5.55. The van der Waals surface area contributed by atoms with E-state index in [-0.39, 0.29) is 39.2 Å². The third kappa shape index (κ3) is 4.41. The van der Waals surface area contributed by atoms with E-state index in [2.05, 4.69) is 10.6 Å². The molecule has 0 saturated carbocycles. The first-order chi connectivity index (χ1) is 16.0. The number of anilines is 1. The second-order valence-electron chi connectivity index (χ2n) is 7.39. The van der Waals surface area contributed by atoms with E-state index in [0.717, 1.165) is 12.1 Å². The average molecular weight is 497 g/mol. The first kappa shape index (κ1) is 23.5. The van der Waals surface area contributed by atoms with Crippen molar-refractivity contribution in [2.24, 2.45) is 0 Å². The van der Waals surface area contributed by atoms with Gasteiger partial charge in [-0.3, -0.25) is 9.59 Å². The minimum Gasteiger partial charge on any atom is -0.497 e. The molecule has 176 valence electrons. The Kier molecular flexibility index (Phi) is 5.94. The summed E-state index contributed by atoms with van der Waals surface area (Å²) in [6.45, 7) is 0. The van der Waals surface area contributed by atoms with Crippen LogP contribution in [0.1, 0.15) is 43.4 Å². The molecule has 0 saturated heterocycles. The number of nitrogens with one attached hydrogen (secondary N) is 2. The van der Waals surface area contributed by atoms with Gasteiger partial charge in [-0.25, -0.2) is 8.78 Å². The summed E-state index contributed by atoms with van der Waals surface area (Å²) in [7, 11) is 1.31. The number of carbonyl (C=O) groups is 2. The lowest BCUT2D eigenvalue weighted by Crippen LogP contribution is -2.21. The number of hydrogen-bond acceptors (Lipinski definition) is 3. The standard InChI is InChI=1S/C23H14ClF5N2O3/c1-34-14-8-16-19(20(31-22(16)33)15-7-12(25)2-3-17(15)24)18(9-14)30-21(32)10-4-11(23(27,28)29)6-13(26)5-10/h2-9,20H,1H3,(H,30,32)(H,31,33). The minimum absolute atomic E-state index is 0.0131. The molecule has 2 amide bonds. The Balaban J connectivity index is 1.81. The fraction of sp³-hybridized carbons (Fsp3) is 0.130. The predicted octanol–water partition coefficient (Wildman–Crippen LogP) is 5.73. The first-order valence-corrected chi connectivity index (χ1v) is 10.0. The maximum absolute atomic E-state index is 13.9. The lowest BCUT2D eigenvalue weighted by atomic mass is 9.95. The Hall–Kier alpha value is -3.66. The van der Waals surface area contributed by atoms with Crippen molar-refractivity contribution in [1.29, 1.82) is 0 Å². The van der Waals surface area contributed by atoms with Crippen LogP contribution in [0, 0.1) is 11.6 Å². The zero-order chi connectivity index (χ0) is 24.8. The second-order valence-corrected chi connectivity index (χ2v) is 7.80. The molecule has 0 aliphatic carbocycles. The molecule has 11 heteroatoms. The van der Waals surface area contributed by atoms with Crippen LogP contribution in [-0.4, -0.2) is 18.9 Å². The summed E-state index contributed by atoms with van der Waals surface area (Å²) >= 11 is 6.20. The van der Waals surface area contributed by atoms with Gasteiger partial charge in [0, 0.05) is 27.8 Å². The Morgan fingerprint density at radius 3 is 2.47 bits per heavy atom. The van der Waals surface area contributed by atoms with E-state index in [1.807, 2.05) is 0 Å². The van der Waals surface area contributed by atoms with Gasteiger partial charge in [0.2, 0.25) is 0 Å². The van der Waals surface area contributed by atoms with Crippen molar-refractivity contribution in [3.63, 3.8) is 0 Å². The monoisotopic (exact) mass is 496 g/mol. The van der Waals surface area contributed by atoms with E-state index >= 15 is 0 Å². The molecule has 4 rings (SSSR count). The normalized spacial score (nSPS) is 15.0. The number of amides is 2. The number of ether oxygens (including phenoxy) is 1. The molecule has 1 atom stereocenters. The summed E-state index contributed by atoms with van der Waals surface area (Å²) in [6.07, 6.45) is -4.87. The van der Waals surface area contributed by atoms with E-state index < -0.39 is 46.8 Å². The average Bonchev–Trinajstić information content (AvgIpc) is 3.10. The van der Waals surface area contributed by atoms with Crippen LogP contribution >= 0.6 is 11.6 Å². The molecule has 3 aromatic carbocycles. The molecule has 5 nitrogen and oxygen atoms in total. The van der Waals surface area contributed by atoms with Gasteiger partial charge in [0.15, 0.2) is 0 Å². The van der Waals surface area contributed by atoms with Crippen molar-refractivity contribution in [3.05, 3.63) is 93.0 Å². The molecule has 0 aromatic heterocycles. The first-order valence-electron chi connectivity index (χ1n) is 9.65. The summed E-state index contributed by atoms with van der Waals surface area (Å²) < 4.78 is 72.1. The highest BCUT2D eigenvalue weighted by atomic mass is 35.5. The molecule has 0 bridgehead atoms. The number of carbonyl (C=O) groups excluding carboxylic acids is 2. The predicted molar refractivity (Wildman–Crippen MR) is 113 cm³/mol. The highest BCUT2D eigenvalue weighted by Crippen LogP contribution is 2.41. The zero-order valence-corrected chi connectivity index (χ0v) is 17.9. The molecule has 1 aliphatic heterocycles. The van der Waals surface area contributed by atoms with Crippen molar-refractivity contribution in [2.45, 2.75) is 12.2 Å². The van der Waals surface area contributed by atoms with Gasteiger partial charge in [-0.1, -0.05) is 11.6 Å². The van der Waals surface area contributed by atoms with Gasteiger partial charge in [0.25, 0.3) is 11.8 Å². The molecule has 0 radical (unpaired) electrons. The van der Waals surface area contributed by atoms with Crippen molar-refractivity contribution in [3.8, 4) is 5.75 Å². The van der Waals surface area contributed by atoms with Crippen LogP contribution in [0.15, 0.2) is 48.5 Å². The Morgan fingerprint density at radius 1 is 1.06 bits per heavy atom. The molecule has 2 N–H and O–H groups in total. The third-order valence-electron chi connectivity index (χ3n) is 5.20. The van der Waals surface area contributed by atoms with Crippen LogP contribution in [0.25, 0.3) is 0 Å². The van der Waals surface area contributed by atoms with E-state index in [4.69, 9.17) is 16.3 Å². The summed E-state index contributed by atoms with van der Waals surface area (Å²) in [6, 6.07) is 6.69. The lowest BCUT2D eigenvalue weighted by molar-refractivity contribution is -0.137. The smallest absolute Gasteiger partial charge is 0.416 e. The van der Waals surface area contributed by atoms with E-state index in [9.17, 15) is 31.5 Å². The van der Waals surface area contributed by atoms with Gasteiger partial charge in [-0.2, -0.15) is 13.2 Å². The molecule has 0 fully saturated rings. The number of fused-ring (bicyclic) bond motifs is 1. The zero-order valence-electron chi connectivity index (χ0n) is 17.2. The molecular weight excluding hydrogens is 483 g/mol. The van der Waals surface area contributed by atoms with Crippen LogP contribution in [0.5, 0.6) is 5.75 Å². The topological polar surface area (TPSA) is 67.4 Å². The molecular formula is C23H14ClF5N2O3. The second kappa shape index (κ2) is 8.60. The molecule has 1 unspecified atom stereocenters.